The van der Waals surface area contributed by atoms with Crippen LogP contribution in [-0.2, 0) is 9.36 Å². The molecule has 0 atom stereocenters. The number of hydrazine groups is 1. The van der Waals surface area contributed by atoms with Gasteiger partial charge in [0.2, 0.25) is 0 Å². The molecule has 3 heterocycles. The van der Waals surface area contributed by atoms with Gasteiger partial charge in [-0.05, 0) is 55.7 Å². The Kier molecular flexibility index (Phi) is 6.68. The molecule has 2 N–H and O–H groups in total. The standard InChI is InChI=1S/C19H22FN4O6PS/c20-14-6-5-13(15(12-14)30-19(26)22-7-1-2-8-22)11-16-17(25)21-18(32-16)23-9-3-4-10-24(23)31(27,28)29/h5-6,11-12H,1-4,7-10H2,(H2,27,28,29)/b16-11-. The Morgan fingerprint density at radius 2 is 1.84 bits per heavy atom. The second kappa shape index (κ2) is 9.32. The summed E-state index contributed by atoms with van der Waals surface area (Å²) in [6.07, 6.45) is 3.91. The van der Waals surface area contributed by atoms with Crippen LogP contribution in [0.25, 0.3) is 6.08 Å². The molecule has 2 amide bonds. The molecule has 1 aromatic carbocycles. The highest BCUT2D eigenvalue weighted by atomic mass is 32.2. The van der Waals surface area contributed by atoms with Crippen molar-refractivity contribution in [1.29, 1.82) is 0 Å². The number of carbonyl (C=O) groups is 2. The number of nitrogens with zero attached hydrogens (tertiary/aromatic N) is 4. The van der Waals surface area contributed by atoms with Crippen molar-refractivity contribution >= 4 is 42.8 Å². The second-order valence-corrected chi connectivity index (χ2v) is 9.99. The number of rotatable bonds is 3. The lowest BCUT2D eigenvalue weighted by molar-refractivity contribution is -0.113. The van der Waals surface area contributed by atoms with Gasteiger partial charge in [0.15, 0.2) is 5.17 Å². The molecule has 13 heteroatoms. The van der Waals surface area contributed by atoms with Gasteiger partial charge in [0.05, 0.1) is 4.91 Å². The summed E-state index contributed by atoms with van der Waals surface area (Å²) in [5.74, 6) is -1.21. The minimum Gasteiger partial charge on any atom is -0.409 e. The number of likely N-dealkylation sites (tertiary alicyclic amines) is 1. The first-order valence-corrected chi connectivity index (χ1v) is 12.5. The summed E-state index contributed by atoms with van der Waals surface area (Å²) in [7, 11) is -4.57. The Labute approximate surface area is 187 Å². The van der Waals surface area contributed by atoms with E-state index in [1.165, 1.54) is 28.1 Å². The van der Waals surface area contributed by atoms with Crippen molar-refractivity contribution in [2.45, 2.75) is 25.7 Å². The molecule has 0 saturated carbocycles. The van der Waals surface area contributed by atoms with E-state index in [2.05, 4.69) is 4.99 Å². The molecule has 32 heavy (non-hydrogen) atoms. The quantitative estimate of drug-likeness (QED) is 0.492. The van der Waals surface area contributed by atoms with Crippen LogP contribution < -0.4 is 4.74 Å². The van der Waals surface area contributed by atoms with E-state index in [0.29, 0.717) is 38.0 Å². The molecule has 2 fully saturated rings. The third-order valence-corrected chi connectivity index (χ3v) is 7.23. The van der Waals surface area contributed by atoms with Crippen molar-refractivity contribution in [2.75, 3.05) is 26.2 Å². The van der Waals surface area contributed by atoms with Crippen LogP contribution in [-0.4, -0.2) is 67.8 Å². The number of halogens is 1. The van der Waals surface area contributed by atoms with E-state index >= 15 is 0 Å². The molecule has 0 aliphatic carbocycles. The molecule has 4 rings (SSSR count). The first-order valence-electron chi connectivity index (χ1n) is 10.1. The van der Waals surface area contributed by atoms with Gasteiger partial charge in [-0.2, -0.15) is 4.99 Å². The lowest BCUT2D eigenvalue weighted by Gasteiger charge is -2.38. The van der Waals surface area contributed by atoms with Gasteiger partial charge >= 0.3 is 13.8 Å². The minimum absolute atomic E-state index is 0.0222. The van der Waals surface area contributed by atoms with Gasteiger partial charge in [0.1, 0.15) is 11.6 Å². The topological polar surface area (TPSA) is 123 Å². The number of hydrogen-bond acceptors (Lipinski definition) is 6. The molecule has 3 aliphatic rings. The van der Waals surface area contributed by atoms with Crippen molar-refractivity contribution in [3.05, 3.63) is 34.5 Å². The molecule has 0 aromatic heterocycles. The Balaban J connectivity index is 1.55. The third kappa shape index (κ3) is 5.05. The van der Waals surface area contributed by atoms with E-state index in [4.69, 9.17) is 4.74 Å². The summed E-state index contributed by atoms with van der Waals surface area (Å²) < 4.78 is 31.9. The van der Waals surface area contributed by atoms with E-state index in [1.807, 2.05) is 0 Å². The average molecular weight is 484 g/mol. The van der Waals surface area contributed by atoms with Gasteiger partial charge in [0, 0.05) is 37.8 Å². The highest BCUT2D eigenvalue weighted by molar-refractivity contribution is 8.18. The molecule has 0 unspecified atom stereocenters. The van der Waals surface area contributed by atoms with Crippen LogP contribution in [0.15, 0.2) is 28.1 Å². The molecule has 3 aliphatic heterocycles. The lowest BCUT2D eigenvalue weighted by atomic mass is 10.2. The van der Waals surface area contributed by atoms with Crippen LogP contribution in [0.4, 0.5) is 9.18 Å². The van der Waals surface area contributed by atoms with Crippen molar-refractivity contribution < 1.29 is 33.1 Å². The van der Waals surface area contributed by atoms with Crippen molar-refractivity contribution in [3.8, 4) is 5.75 Å². The van der Waals surface area contributed by atoms with Crippen LogP contribution in [0, 0.1) is 5.82 Å². The fourth-order valence-electron chi connectivity index (χ4n) is 3.64. The van der Waals surface area contributed by atoms with Gasteiger partial charge < -0.3 is 19.4 Å². The van der Waals surface area contributed by atoms with Gasteiger partial charge in [0.25, 0.3) is 5.91 Å². The number of ether oxygens (including phenoxy) is 1. The summed E-state index contributed by atoms with van der Waals surface area (Å²) in [5.41, 5.74) is 0.316. The molecule has 0 spiro atoms. The summed E-state index contributed by atoms with van der Waals surface area (Å²) in [6, 6.07) is 3.65. The maximum absolute atomic E-state index is 13.8. The average Bonchev–Trinajstić information content (AvgIpc) is 3.40. The Bertz CT molecular complexity index is 1040. The smallest absolute Gasteiger partial charge is 0.409 e. The normalized spacial score (nSPS) is 21.4. The highest BCUT2D eigenvalue weighted by Crippen LogP contribution is 2.45. The number of thioether (sulfide) groups is 1. The monoisotopic (exact) mass is 484 g/mol. The number of carbonyl (C=O) groups excluding carboxylic acids is 2. The first kappa shape index (κ1) is 22.9. The highest BCUT2D eigenvalue weighted by Gasteiger charge is 2.38. The Hall–Kier alpha value is -2.24. The predicted octanol–water partition coefficient (Wildman–Crippen LogP) is 2.80. The molecule has 172 valence electrons. The number of aliphatic imine (C=N–C) groups is 1. The van der Waals surface area contributed by atoms with E-state index in [9.17, 15) is 28.3 Å². The van der Waals surface area contributed by atoms with Crippen LogP contribution in [0.2, 0.25) is 0 Å². The second-order valence-electron chi connectivity index (χ2n) is 7.49. The largest absolute Gasteiger partial charge is 0.420 e. The minimum atomic E-state index is -4.57. The first-order chi connectivity index (χ1) is 15.2. The van der Waals surface area contributed by atoms with Crippen molar-refractivity contribution in [2.24, 2.45) is 4.99 Å². The van der Waals surface area contributed by atoms with E-state index in [-0.39, 0.29) is 22.4 Å². The van der Waals surface area contributed by atoms with Crippen LogP contribution >= 0.6 is 19.5 Å². The third-order valence-electron chi connectivity index (χ3n) is 5.21. The van der Waals surface area contributed by atoms with E-state index < -0.39 is 25.6 Å². The van der Waals surface area contributed by atoms with Crippen LogP contribution in [0.3, 0.4) is 0 Å². The zero-order chi connectivity index (χ0) is 22.9. The number of benzene rings is 1. The van der Waals surface area contributed by atoms with E-state index in [0.717, 1.165) is 35.4 Å². The van der Waals surface area contributed by atoms with Gasteiger partial charge in [-0.1, -0.05) is 0 Å². The van der Waals surface area contributed by atoms with Gasteiger partial charge in [-0.25, -0.2) is 13.8 Å². The van der Waals surface area contributed by atoms with Gasteiger partial charge in [-0.3, -0.25) is 9.80 Å². The van der Waals surface area contributed by atoms with E-state index in [1.54, 1.807) is 0 Å². The zero-order valence-electron chi connectivity index (χ0n) is 17.0. The van der Waals surface area contributed by atoms with Crippen LogP contribution in [0.1, 0.15) is 31.2 Å². The predicted molar refractivity (Wildman–Crippen MR) is 116 cm³/mol. The molecule has 0 radical (unpaired) electrons. The lowest BCUT2D eigenvalue weighted by Crippen LogP contribution is -2.47. The Morgan fingerprint density at radius 1 is 1.16 bits per heavy atom. The number of amidine groups is 1. The molecule has 10 nitrogen and oxygen atoms in total. The molecule has 1 aromatic rings. The van der Waals surface area contributed by atoms with Crippen molar-refractivity contribution in [3.63, 3.8) is 0 Å². The summed E-state index contributed by atoms with van der Waals surface area (Å²) in [6.45, 7) is 1.60. The Morgan fingerprint density at radius 3 is 2.56 bits per heavy atom. The molecular formula is C19H22FN4O6PS. The zero-order valence-corrected chi connectivity index (χ0v) is 18.7. The SMILES string of the molecule is O=C1N=C(N2CCCCN2P(=O)(O)O)S/C1=C\c1ccc(F)cc1OC(=O)N1CCCC1. The maximum Gasteiger partial charge on any atom is 0.420 e. The number of hydrogen-bond donors (Lipinski definition) is 2. The van der Waals surface area contributed by atoms with Gasteiger partial charge in [-0.15, -0.1) is 4.78 Å². The molecule has 2 saturated heterocycles. The summed E-state index contributed by atoms with van der Waals surface area (Å²) in [4.78, 5) is 49.7. The summed E-state index contributed by atoms with van der Waals surface area (Å²) in [5, 5.41) is 1.48. The summed E-state index contributed by atoms with van der Waals surface area (Å²) >= 11 is 0.955. The maximum atomic E-state index is 13.8. The fraction of sp³-hybridized carbons (Fsp3) is 0.421. The number of amides is 2. The molecule has 0 bridgehead atoms. The molecular weight excluding hydrogens is 462 g/mol. The fourth-order valence-corrected chi connectivity index (χ4v) is 5.50. The van der Waals surface area contributed by atoms with Crippen molar-refractivity contribution in [1.82, 2.24) is 14.7 Å². The van der Waals surface area contributed by atoms with Crippen LogP contribution in [0.5, 0.6) is 5.75 Å².